The van der Waals surface area contributed by atoms with Crippen molar-refractivity contribution in [3.05, 3.63) is 24.3 Å². The third-order valence-electron chi connectivity index (χ3n) is 8.17. The Bertz CT molecular complexity index is 798. The van der Waals surface area contributed by atoms with Crippen molar-refractivity contribution in [3.63, 3.8) is 0 Å². The van der Waals surface area contributed by atoms with Crippen molar-refractivity contribution in [2.75, 3.05) is 32.1 Å². The zero-order valence-corrected chi connectivity index (χ0v) is 18.7. The molecule has 1 heterocycles. The number of amides is 1. The second-order valence-electron chi connectivity index (χ2n) is 9.88. The topological polar surface area (TPSA) is 63.2 Å². The van der Waals surface area contributed by atoms with E-state index in [1.165, 1.54) is 38.8 Å². The lowest BCUT2D eigenvalue weighted by Crippen LogP contribution is -2.41. The molecule has 30 heavy (non-hydrogen) atoms. The molecule has 0 spiro atoms. The van der Waals surface area contributed by atoms with Crippen LogP contribution in [0.4, 0.5) is 10.5 Å². The minimum atomic E-state index is -0.548. The maximum absolute atomic E-state index is 12.4. The van der Waals surface area contributed by atoms with Crippen LogP contribution >= 0.6 is 0 Å². The standard InChI is InChI=1S/C24H35N3O3/c1-23(2)20-12-13-24(23,3)21(19(20)16-27-14-6-5-7-15-27)26-30-22(28)25-17-8-10-18(29-4)11-9-17/h8-11,19-20H,5-7,12-16H2,1-4H3,(H,25,28)/b26-21-/t19?,20-,24+/m1/s1. The van der Waals surface area contributed by atoms with Gasteiger partial charge in [-0.05, 0) is 74.4 Å². The molecule has 2 bridgehead atoms. The number of piperidine rings is 1. The van der Waals surface area contributed by atoms with Gasteiger partial charge in [-0.15, -0.1) is 0 Å². The quantitative estimate of drug-likeness (QED) is 0.535. The van der Waals surface area contributed by atoms with E-state index < -0.39 is 6.09 Å². The van der Waals surface area contributed by atoms with Crippen LogP contribution in [-0.2, 0) is 4.84 Å². The van der Waals surface area contributed by atoms with Gasteiger partial charge in [0.05, 0.1) is 12.8 Å². The van der Waals surface area contributed by atoms with Gasteiger partial charge in [-0.3, -0.25) is 10.2 Å². The minimum absolute atomic E-state index is 0.0154. The molecule has 3 aliphatic rings. The van der Waals surface area contributed by atoms with Crippen LogP contribution in [0.25, 0.3) is 0 Å². The van der Waals surface area contributed by atoms with Gasteiger partial charge in [-0.1, -0.05) is 32.3 Å². The number of oxime groups is 1. The first-order valence-electron chi connectivity index (χ1n) is 11.3. The van der Waals surface area contributed by atoms with E-state index in [1.54, 1.807) is 31.4 Å². The maximum atomic E-state index is 12.4. The fraction of sp³-hybridized carbons (Fsp3) is 0.667. The number of rotatable bonds is 5. The van der Waals surface area contributed by atoms with E-state index in [1.807, 2.05) is 0 Å². The first kappa shape index (κ1) is 21.2. The number of fused-ring (bicyclic) bond motifs is 2. The van der Waals surface area contributed by atoms with E-state index in [4.69, 9.17) is 9.57 Å². The van der Waals surface area contributed by atoms with Gasteiger partial charge < -0.3 is 9.64 Å². The number of nitrogens with one attached hydrogen (secondary N) is 1. The lowest BCUT2D eigenvalue weighted by molar-refractivity contribution is 0.147. The molecule has 3 fully saturated rings. The molecule has 6 heteroatoms. The average molecular weight is 414 g/mol. The summed E-state index contributed by atoms with van der Waals surface area (Å²) in [5, 5.41) is 7.26. The number of benzene rings is 1. The Morgan fingerprint density at radius 2 is 1.87 bits per heavy atom. The number of likely N-dealkylation sites (tertiary alicyclic amines) is 1. The van der Waals surface area contributed by atoms with Crippen molar-refractivity contribution in [2.24, 2.45) is 27.8 Å². The summed E-state index contributed by atoms with van der Waals surface area (Å²) in [6.45, 7) is 10.4. The second kappa shape index (κ2) is 8.22. The number of anilines is 1. The largest absolute Gasteiger partial charge is 0.497 e. The third-order valence-corrected chi connectivity index (χ3v) is 8.17. The molecule has 3 atom stereocenters. The van der Waals surface area contributed by atoms with Gasteiger partial charge in [0, 0.05) is 23.6 Å². The Hall–Kier alpha value is -2.08. The molecule has 4 rings (SSSR count). The summed E-state index contributed by atoms with van der Waals surface area (Å²) in [5.74, 6) is 1.70. The first-order chi connectivity index (χ1) is 14.3. The van der Waals surface area contributed by atoms with E-state index in [2.05, 4.69) is 36.1 Å². The molecule has 0 radical (unpaired) electrons. The molecule has 164 valence electrons. The number of methoxy groups -OCH3 is 1. The van der Waals surface area contributed by atoms with Crippen LogP contribution in [0, 0.1) is 22.7 Å². The van der Waals surface area contributed by atoms with Crippen molar-refractivity contribution in [1.29, 1.82) is 0 Å². The predicted octanol–water partition coefficient (Wildman–Crippen LogP) is 5.16. The Morgan fingerprint density at radius 1 is 1.17 bits per heavy atom. The molecule has 2 saturated carbocycles. The van der Waals surface area contributed by atoms with Gasteiger partial charge in [0.2, 0.25) is 0 Å². The van der Waals surface area contributed by atoms with Gasteiger partial charge in [-0.2, -0.15) is 0 Å². The molecule has 2 aliphatic carbocycles. The molecule has 1 aliphatic heterocycles. The van der Waals surface area contributed by atoms with Crippen molar-refractivity contribution >= 4 is 17.5 Å². The number of carbonyl (C=O) groups is 1. The third kappa shape index (κ3) is 3.70. The van der Waals surface area contributed by atoms with Gasteiger partial charge in [0.15, 0.2) is 0 Å². The van der Waals surface area contributed by atoms with Gasteiger partial charge in [0.25, 0.3) is 0 Å². The van der Waals surface area contributed by atoms with Crippen LogP contribution in [-0.4, -0.2) is 43.4 Å². The molecule has 1 N–H and O–H groups in total. The fourth-order valence-electron chi connectivity index (χ4n) is 6.01. The summed E-state index contributed by atoms with van der Waals surface area (Å²) in [6, 6.07) is 7.17. The summed E-state index contributed by atoms with van der Waals surface area (Å²) >= 11 is 0. The molecular weight excluding hydrogens is 378 g/mol. The van der Waals surface area contributed by atoms with E-state index in [-0.39, 0.29) is 10.8 Å². The fourth-order valence-corrected chi connectivity index (χ4v) is 6.01. The summed E-state index contributed by atoms with van der Waals surface area (Å²) in [7, 11) is 1.62. The lowest BCUT2D eigenvalue weighted by Gasteiger charge is -2.34. The number of ether oxygens (including phenoxy) is 1. The Balaban J connectivity index is 1.48. The Labute approximate surface area is 180 Å². The summed E-state index contributed by atoms with van der Waals surface area (Å²) in [5.41, 5.74) is 1.89. The van der Waals surface area contributed by atoms with Crippen molar-refractivity contribution < 1.29 is 14.4 Å². The van der Waals surface area contributed by atoms with Gasteiger partial charge in [-0.25, -0.2) is 4.79 Å². The van der Waals surface area contributed by atoms with Crippen molar-refractivity contribution in [2.45, 2.75) is 52.9 Å². The van der Waals surface area contributed by atoms with Crippen molar-refractivity contribution in [1.82, 2.24) is 4.90 Å². The molecule has 0 aromatic heterocycles. The van der Waals surface area contributed by atoms with Crippen LogP contribution in [0.2, 0.25) is 0 Å². The number of carbonyl (C=O) groups excluding carboxylic acids is 1. The highest BCUT2D eigenvalue weighted by Gasteiger charge is 2.65. The second-order valence-corrected chi connectivity index (χ2v) is 9.88. The summed E-state index contributed by atoms with van der Waals surface area (Å²) in [6.07, 6.45) is 5.70. The normalized spacial score (nSPS) is 31.7. The van der Waals surface area contributed by atoms with Crippen LogP contribution in [0.15, 0.2) is 29.4 Å². The lowest BCUT2D eigenvalue weighted by atomic mass is 9.70. The van der Waals surface area contributed by atoms with Crippen LogP contribution in [0.1, 0.15) is 52.9 Å². The molecular formula is C24H35N3O3. The maximum Gasteiger partial charge on any atom is 0.437 e. The zero-order chi connectivity index (χ0) is 21.4. The molecule has 1 unspecified atom stereocenters. The number of hydrogen-bond acceptors (Lipinski definition) is 5. The Morgan fingerprint density at radius 3 is 2.53 bits per heavy atom. The first-order valence-corrected chi connectivity index (χ1v) is 11.3. The SMILES string of the molecule is COc1ccc(NC(=O)O/N=C2/C(CN3CCCCC3)[C@H]3CC[C@]2(C)C3(C)C)cc1. The average Bonchev–Trinajstić information content (AvgIpc) is 3.06. The molecule has 1 saturated heterocycles. The highest BCUT2D eigenvalue weighted by Crippen LogP contribution is 2.66. The van der Waals surface area contributed by atoms with Crippen LogP contribution < -0.4 is 10.1 Å². The molecule has 1 aromatic rings. The molecule has 1 aromatic carbocycles. The van der Waals surface area contributed by atoms with Gasteiger partial charge in [0.1, 0.15) is 5.75 Å². The van der Waals surface area contributed by atoms with E-state index in [9.17, 15) is 4.79 Å². The monoisotopic (exact) mass is 413 g/mol. The summed E-state index contributed by atoms with van der Waals surface area (Å²) in [4.78, 5) is 20.4. The smallest absolute Gasteiger partial charge is 0.437 e. The zero-order valence-electron chi connectivity index (χ0n) is 18.7. The van der Waals surface area contributed by atoms with E-state index >= 15 is 0 Å². The molecule has 1 amide bonds. The van der Waals surface area contributed by atoms with E-state index in [0.717, 1.165) is 24.4 Å². The summed E-state index contributed by atoms with van der Waals surface area (Å²) < 4.78 is 5.15. The van der Waals surface area contributed by atoms with Crippen LogP contribution in [0.5, 0.6) is 5.75 Å². The minimum Gasteiger partial charge on any atom is -0.497 e. The molecule has 6 nitrogen and oxygen atoms in total. The van der Waals surface area contributed by atoms with Crippen LogP contribution in [0.3, 0.4) is 0 Å². The van der Waals surface area contributed by atoms with Crippen molar-refractivity contribution in [3.8, 4) is 5.75 Å². The predicted molar refractivity (Wildman–Crippen MR) is 119 cm³/mol. The highest BCUT2D eigenvalue weighted by molar-refractivity contribution is 5.97. The van der Waals surface area contributed by atoms with Gasteiger partial charge >= 0.3 is 6.09 Å². The Kier molecular flexibility index (Phi) is 5.80. The van der Waals surface area contributed by atoms with E-state index in [0.29, 0.717) is 17.5 Å². The number of hydrogen-bond donors (Lipinski definition) is 1. The highest BCUT2D eigenvalue weighted by atomic mass is 16.7. The number of nitrogens with zero attached hydrogens (tertiary/aromatic N) is 2.